The van der Waals surface area contributed by atoms with Gasteiger partial charge < -0.3 is 14.8 Å². The second-order valence-electron chi connectivity index (χ2n) is 5.41. The fourth-order valence-corrected chi connectivity index (χ4v) is 2.17. The van der Waals surface area contributed by atoms with E-state index in [9.17, 15) is 14.9 Å². The van der Waals surface area contributed by atoms with E-state index in [1.807, 2.05) is 6.92 Å². The SMILES string of the molecule is CCOc1ccc(OC(C)C(=O)Nc2ccc([N+](=O)[O-])cc2C)cc1. The molecule has 1 unspecified atom stereocenters. The van der Waals surface area contributed by atoms with Gasteiger partial charge >= 0.3 is 0 Å². The number of nitro groups is 1. The van der Waals surface area contributed by atoms with Gasteiger partial charge in [0.1, 0.15) is 11.5 Å². The van der Waals surface area contributed by atoms with E-state index in [1.165, 1.54) is 18.2 Å². The molecule has 25 heavy (non-hydrogen) atoms. The van der Waals surface area contributed by atoms with Gasteiger partial charge in [-0.1, -0.05) is 0 Å². The lowest BCUT2D eigenvalue weighted by Crippen LogP contribution is -2.30. The van der Waals surface area contributed by atoms with Crippen LogP contribution in [0.25, 0.3) is 0 Å². The monoisotopic (exact) mass is 344 g/mol. The third-order valence-electron chi connectivity index (χ3n) is 3.50. The fraction of sp³-hybridized carbons (Fsp3) is 0.278. The number of aryl methyl sites for hydroxylation is 1. The molecule has 0 aromatic heterocycles. The standard InChI is InChI=1S/C18H20N2O5/c1-4-24-15-6-8-16(9-7-15)25-13(3)18(21)19-17-10-5-14(20(22)23)11-12(17)2/h5-11,13H,4H2,1-3H3,(H,19,21). The Kier molecular flexibility index (Phi) is 5.94. The quantitative estimate of drug-likeness (QED) is 0.611. The number of non-ortho nitro benzene ring substituents is 1. The second-order valence-corrected chi connectivity index (χ2v) is 5.41. The number of benzene rings is 2. The molecule has 0 aliphatic heterocycles. The zero-order valence-electron chi connectivity index (χ0n) is 14.3. The van der Waals surface area contributed by atoms with Gasteiger partial charge in [-0.2, -0.15) is 0 Å². The van der Waals surface area contributed by atoms with Crippen molar-refractivity contribution in [2.24, 2.45) is 0 Å². The average Bonchev–Trinajstić information content (AvgIpc) is 2.58. The largest absolute Gasteiger partial charge is 0.494 e. The van der Waals surface area contributed by atoms with Gasteiger partial charge in [-0.3, -0.25) is 14.9 Å². The van der Waals surface area contributed by atoms with E-state index in [2.05, 4.69) is 5.32 Å². The molecule has 132 valence electrons. The Bertz CT molecular complexity index is 759. The van der Waals surface area contributed by atoms with Gasteiger partial charge in [0, 0.05) is 17.8 Å². The molecule has 7 nitrogen and oxygen atoms in total. The fourth-order valence-electron chi connectivity index (χ4n) is 2.17. The summed E-state index contributed by atoms with van der Waals surface area (Å²) in [6.07, 6.45) is -0.729. The van der Waals surface area contributed by atoms with Crippen molar-refractivity contribution in [1.82, 2.24) is 0 Å². The maximum absolute atomic E-state index is 12.3. The summed E-state index contributed by atoms with van der Waals surface area (Å²) in [6, 6.07) is 11.3. The van der Waals surface area contributed by atoms with Crippen LogP contribution in [-0.4, -0.2) is 23.5 Å². The molecule has 2 aromatic carbocycles. The summed E-state index contributed by atoms with van der Waals surface area (Å²) in [5, 5.41) is 13.5. The van der Waals surface area contributed by atoms with Crippen LogP contribution in [0.15, 0.2) is 42.5 Å². The maximum Gasteiger partial charge on any atom is 0.269 e. The summed E-state index contributed by atoms with van der Waals surface area (Å²) in [6.45, 7) is 5.80. The molecule has 0 heterocycles. The van der Waals surface area contributed by atoms with Crippen molar-refractivity contribution in [3.05, 3.63) is 58.1 Å². The minimum Gasteiger partial charge on any atom is -0.494 e. The molecule has 1 amide bonds. The smallest absolute Gasteiger partial charge is 0.269 e. The predicted octanol–water partition coefficient (Wildman–Crippen LogP) is 3.71. The highest BCUT2D eigenvalue weighted by molar-refractivity contribution is 5.94. The molecule has 2 rings (SSSR count). The molecule has 2 aromatic rings. The van der Waals surface area contributed by atoms with Crippen LogP contribution < -0.4 is 14.8 Å². The molecule has 0 aliphatic carbocycles. The summed E-state index contributed by atoms with van der Waals surface area (Å²) >= 11 is 0. The number of carbonyl (C=O) groups is 1. The van der Waals surface area contributed by atoms with Gasteiger partial charge in [0.25, 0.3) is 11.6 Å². The third kappa shape index (κ3) is 4.94. The zero-order chi connectivity index (χ0) is 18.4. The van der Waals surface area contributed by atoms with E-state index in [0.717, 1.165) is 5.75 Å². The van der Waals surface area contributed by atoms with Crippen molar-refractivity contribution < 1.29 is 19.2 Å². The molecule has 0 saturated heterocycles. The van der Waals surface area contributed by atoms with Crippen molar-refractivity contribution in [3.63, 3.8) is 0 Å². The number of hydrogen-bond donors (Lipinski definition) is 1. The molecular formula is C18H20N2O5. The Morgan fingerprint density at radius 2 is 1.84 bits per heavy atom. The van der Waals surface area contributed by atoms with Crippen molar-refractivity contribution >= 4 is 17.3 Å². The van der Waals surface area contributed by atoms with Crippen molar-refractivity contribution in [2.75, 3.05) is 11.9 Å². The number of rotatable bonds is 7. The van der Waals surface area contributed by atoms with Gasteiger partial charge in [0.05, 0.1) is 11.5 Å². The Balaban J connectivity index is 1.99. The lowest BCUT2D eigenvalue weighted by molar-refractivity contribution is -0.384. The lowest BCUT2D eigenvalue weighted by atomic mass is 10.1. The highest BCUT2D eigenvalue weighted by Gasteiger charge is 2.17. The Morgan fingerprint density at radius 1 is 1.20 bits per heavy atom. The maximum atomic E-state index is 12.3. The first-order valence-electron chi connectivity index (χ1n) is 7.86. The Labute approximate surface area is 145 Å². The number of amides is 1. The van der Waals surface area contributed by atoms with Gasteiger partial charge in [-0.05, 0) is 56.7 Å². The van der Waals surface area contributed by atoms with Crippen LogP contribution >= 0.6 is 0 Å². The zero-order valence-corrected chi connectivity index (χ0v) is 14.3. The molecule has 0 fully saturated rings. The number of carbonyl (C=O) groups excluding carboxylic acids is 1. The molecule has 0 bridgehead atoms. The van der Waals surface area contributed by atoms with Crippen LogP contribution in [0, 0.1) is 17.0 Å². The minimum atomic E-state index is -0.729. The van der Waals surface area contributed by atoms with Crippen LogP contribution in [0.3, 0.4) is 0 Å². The Morgan fingerprint density at radius 3 is 2.40 bits per heavy atom. The first-order chi connectivity index (χ1) is 11.9. The summed E-state index contributed by atoms with van der Waals surface area (Å²) < 4.78 is 11.0. The highest BCUT2D eigenvalue weighted by atomic mass is 16.6. The second kappa shape index (κ2) is 8.14. The van der Waals surface area contributed by atoms with Crippen LogP contribution in [0.1, 0.15) is 19.4 Å². The number of nitrogens with one attached hydrogen (secondary N) is 1. The topological polar surface area (TPSA) is 90.7 Å². The number of ether oxygens (including phenoxy) is 2. The molecular weight excluding hydrogens is 324 g/mol. The summed E-state index contributed by atoms with van der Waals surface area (Å²) in [4.78, 5) is 22.5. The van der Waals surface area contributed by atoms with Crippen molar-refractivity contribution in [3.8, 4) is 11.5 Å². The first-order valence-corrected chi connectivity index (χ1v) is 7.86. The van der Waals surface area contributed by atoms with E-state index >= 15 is 0 Å². The van der Waals surface area contributed by atoms with Gasteiger partial charge in [0.2, 0.25) is 0 Å². The highest BCUT2D eigenvalue weighted by Crippen LogP contribution is 2.22. The summed E-state index contributed by atoms with van der Waals surface area (Å²) in [7, 11) is 0. The Hall–Kier alpha value is -3.09. The number of anilines is 1. The molecule has 0 saturated carbocycles. The average molecular weight is 344 g/mol. The number of hydrogen-bond acceptors (Lipinski definition) is 5. The third-order valence-corrected chi connectivity index (χ3v) is 3.50. The van der Waals surface area contributed by atoms with E-state index in [0.29, 0.717) is 23.6 Å². The van der Waals surface area contributed by atoms with Crippen molar-refractivity contribution in [2.45, 2.75) is 26.9 Å². The first kappa shape index (κ1) is 18.3. The van der Waals surface area contributed by atoms with E-state index < -0.39 is 11.0 Å². The number of nitro benzene ring substituents is 1. The van der Waals surface area contributed by atoms with E-state index in [4.69, 9.17) is 9.47 Å². The molecule has 1 N–H and O–H groups in total. The van der Waals surface area contributed by atoms with Crippen LogP contribution in [0.4, 0.5) is 11.4 Å². The normalized spacial score (nSPS) is 11.5. The van der Waals surface area contributed by atoms with E-state index in [1.54, 1.807) is 38.1 Å². The van der Waals surface area contributed by atoms with Crippen molar-refractivity contribution in [1.29, 1.82) is 0 Å². The van der Waals surface area contributed by atoms with Gasteiger partial charge in [-0.15, -0.1) is 0 Å². The number of nitrogens with zero attached hydrogens (tertiary/aromatic N) is 1. The lowest BCUT2D eigenvalue weighted by Gasteiger charge is -2.16. The van der Waals surface area contributed by atoms with Gasteiger partial charge in [-0.25, -0.2) is 0 Å². The summed E-state index contributed by atoms with van der Waals surface area (Å²) in [5.41, 5.74) is 1.10. The van der Waals surface area contributed by atoms with Crippen LogP contribution in [0.5, 0.6) is 11.5 Å². The molecule has 0 aliphatic rings. The van der Waals surface area contributed by atoms with Crippen LogP contribution in [0.2, 0.25) is 0 Å². The van der Waals surface area contributed by atoms with Gasteiger partial charge in [0.15, 0.2) is 6.10 Å². The van der Waals surface area contributed by atoms with E-state index in [-0.39, 0.29) is 11.6 Å². The molecule has 0 spiro atoms. The summed E-state index contributed by atoms with van der Waals surface area (Å²) in [5.74, 6) is 0.936. The predicted molar refractivity (Wildman–Crippen MR) is 94.2 cm³/mol. The van der Waals surface area contributed by atoms with Crippen LogP contribution in [-0.2, 0) is 4.79 Å². The molecule has 1 atom stereocenters. The molecule has 0 radical (unpaired) electrons. The minimum absolute atomic E-state index is 0.0193. The molecule has 7 heteroatoms.